The molecule has 0 unspecified atom stereocenters. The van der Waals surface area contributed by atoms with Crippen molar-refractivity contribution in [3.05, 3.63) is 47.7 Å². The van der Waals surface area contributed by atoms with Crippen LogP contribution in [0, 0.1) is 0 Å². The summed E-state index contributed by atoms with van der Waals surface area (Å²) in [5.41, 5.74) is 8.23. The minimum atomic E-state index is -1.05. The predicted octanol–water partition coefficient (Wildman–Crippen LogP) is 2.59. The van der Waals surface area contributed by atoms with Gasteiger partial charge in [0.1, 0.15) is 5.56 Å². The number of nitrogen functional groups attached to an aromatic ring is 1. The standard InChI is InChI=1S/C14H14N2O2/c1-2-9-8-16-13(10-6-4-3-5-7-10)11(12(9)15)14(17)18/h3-8H,2H2,1H3,(H2,15,16)(H,17,18). The van der Waals surface area contributed by atoms with Crippen LogP contribution < -0.4 is 5.73 Å². The Kier molecular flexibility index (Phi) is 3.28. The van der Waals surface area contributed by atoms with Crippen LogP contribution in [0.15, 0.2) is 36.5 Å². The topological polar surface area (TPSA) is 76.2 Å². The molecule has 3 N–H and O–H groups in total. The molecule has 0 aliphatic heterocycles. The number of aryl methyl sites for hydroxylation is 1. The van der Waals surface area contributed by atoms with Crippen LogP contribution in [0.25, 0.3) is 11.3 Å². The molecule has 1 heterocycles. The highest BCUT2D eigenvalue weighted by Gasteiger charge is 2.18. The van der Waals surface area contributed by atoms with Crippen molar-refractivity contribution in [3.63, 3.8) is 0 Å². The second-order valence-corrected chi connectivity index (χ2v) is 3.95. The molecule has 4 heteroatoms. The third-order valence-electron chi connectivity index (χ3n) is 2.84. The third kappa shape index (κ3) is 2.05. The molecule has 0 fully saturated rings. The maximum atomic E-state index is 11.4. The van der Waals surface area contributed by atoms with Crippen molar-refractivity contribution < 1.29 is 9.90 Å². The Morgan fingerprint density at radius 1 is 1.33 bits per heavy atom. The zero-order valence-electron chi connectivity index (χ0n) is 10.1. The fourth-order valence-electron chi connectivity index (χ4n) is 1.88. The second kappa shape index (κ2) is 4.87. The maximum absolute atomic E-state index is 11.4. The van der Waals surface area contributed by atoms with E-state index in [1.165, 1.54) is 0 Å². The van der Waals surface area contributed by atoms with E-state index in [0.29, 0.717) is 17.8 Å². The first kappa shape index (κ1) is 12.1. The van der Waals surface area contributed by atoms with Gasteiger partial charge < -0.3 is 10.8 Å². The first-order valence-corrected chi connectivity index (χ1v) is 5.71. The fraction of sp³-hybridized carbons (Fsp3) is 0.143. The summed E-state index contributed by atoms with van der Waals surface area (Å²) in [6.45, 7) is 1.92. The Bertz CT molecular complexity index is 580. The Hall–Kier alpha value is -2.36. The van der Waals surface area contributed by atoms with E-state index in [0.717, 1.165) is 11.1 Å². The van der Waals surface area contributed by atoms with Crippen LogP contribution in [0.1, 0.15) is 22.8 Å². The van der Waals surface area contributed by atoms with E-state index < -0.39 is 5.97 Å². The van der Waals surface area contributed by atoms with E-state index >= 15 is 0 Å². The minimum Gasteiger partial charge on any atom is -0.478 e. The smallest absolute Gasteiger partial charge is 0.340 e. The largest absolute Gasteiger partial charge is 0.478 e. The van der Waals surface area contributed by atoms with Gasteiger partial charge >= 0.3 is 5.97 Å². The number of rotatable bonds is 3. The summed E-state index contributed by atoms with van der Waals surface area (Å²) in [6.07, 6.45) is 2.30. The number of hydrogen-bond donors (Lipinski definition) is 2. The normalized spacial score (nSPS) is 10.3. The Morgan fingerprint density at radius 2 is 2.00 bits per heavy atom. The molecule has 18 heavy (non-hydrogen) atoms. The monoisotopic (exact) mass is 242 g/mol. The molecule has 1 aromatic heterocycles. The van der Waals surface area contributed by atoms with Gasteiger partial charge in [0.25, 0.3) is 0 Å². The molecular weight excluding hydrogens is 228 g/mol. The molecule has 0 saturated carbocycles. The van der Waals surface area contributed by atoms with Crippen molar-refractivity contribution in [2.75, 3.05) is 5.73 Å². The van der Waals surface area contributed by atoms with Crippen molar-refractivity contribution in [2.24, 2.45) is 0 Å². The number of aromatic nitrogens is 1. The van der Waals surface area contributed by atoms with Gasteiger partial charge in [-0.25, -0.2) is 4.79 Å². The number of carboxylic acids is 1. The molecule has 0 amide bonds. The summed E-state index contributed by atoms with van der Waals surface area (Å²) < 4.78 is 0. The second-order valence-electron chi connectivity index (χ2n) is 3.95. The lowest BCUT2D eigenvalue weighted by atomic mass is 10.0. The summed E-state index contributed by atoms with van der Waals surface area (Å²) >= 11 is 0. The highest BCUT2D eigenvalue weighted by molar-refractivity contribution is 6.00. The van der Waals surface area contributed by atoms with E-state index in [1.807, 2.05) is 37.3 Å². The first-order valence-electron chi connectivity index (χ1n) is 5.71. The van der Waals surface area contributed by atoms with Crippen LogP contribution in [-0.2, 0) is 6.42 Å². The molecule has 1 aromatic carbocycles. The van der Waals surface area contributed by atoms with Crippen LogP contribution in [-0.4, -0.2) is 16.1 Å². The fourth-order valence-corrected chi connectivity index (χ4v) is 1.88. The summed E-state index contributed by atoms with van der Waals surface area (Å²) in [5, 5.41) is 9.31. The first-order chi connectivity index (χ1) is 8.65. The number of pyridine rings is 1. The Balaban J connectivity index is 2.69. The molecule has 92 valence electrons. The van der Waals surface area contributed by atoms with Gasteiger partial charge in [0, 0.05) is 11.8 Å². The van der Waals surface area contributed by atoms with Gasteiger partial charge in [0.15, 0.2) is 0 Å². The van der Waals surface area contributed by atoms with Crippen LogP contribution in [0.2, 0.25) is 0 Å². The van der Waals surface area contributed by atoms with Crippen molar-refractivity contribution in [3.8, 4) is 11.3 Å². The lowest BCUT2D eigenvalue weighted by molar-refractivity contribution is 0.0698. The maximum Gasteiger partial charge on any atom is 0.340 e. The highest BCUT2D eigenvalue weighted by Crippen LogP contribution is 2.28. The molecule has 0 radical (unpaired) electrons. The molecule has 0 spiro atoms. The molecule has 2 aromatic rings. The number of hydrogen-bond acceptors (Lipinski definition) is 3. The van der Waals surface area contributed by atoms with E-state index in [-0.39, 0.29) is 5.56 Å². The molecule has 0 saturated heterocycles. The van der Waals surface area contributed by atoms with E-state index in [9.17, 15) is 9.90 Å². The zero-order valence-corrected chi connectivity index (χ0v) is 10.1. The number of nitrogens with zero attached hydrogens (tertiary/aromatic N) is 1. The zero-order chi connectivity index (χ0) is 13.1. The summed E-state index contributed by atoms with van der Waals surface area (Å²) in [4.78, 5) is 15.6. The third-order valence-corrected chi connectivity index (χ3v) is 2.84. The number of nitrogens with two attached hydrogens (primary N) is 1. The van der Waals surface area contributed by atoms with Crippen LogP contribution in [0.5, 0.6) is 0 Å². The summed E-state index contributed by atoms with van der Waals surface area (Å²) in [7, 11) is 0. The molecular formula is C14H14N2O2. The molecule has 0 aliphatic rings. The Labute approximate surface area is 105 Å². The van der Waals surface area contributed by atoms with Crippen LogP contribution in [0.4, 0.5) is 5.69 Å². The number of anilines is 1. The number of benzene rings is 1. The molecule has 0 atom stereocenters. The predicted molar refractivity (Wildman–Crippen MR) is 70.4 cm³/mol. The van der Waals surface area contributed by atoms with Gasteiger partial charge in [-0.3, -0.25) is 4.98 Å². The van der Waals surface area contributed by atoms with Gasteiger partial charge in [-0.2, -0.15) is 0 Å². The SMILES string of the molecule is CCc1cnc(-c2ccccc2)c(C(=O)O)c1N. The average molecular weight is 242 g/mol. The van der Waals surface area contributed by atoms with E-state index in [4.69, 9.17) is 5.73 Å². The van der Waals surface area contributed by atoms with Crippen molar-refractivity contribution >= 4 is 11.7 Å². The lowest BCUT2D eigenvalue weighted by Gasteiger charge is -2.11. The number of carboxylic acid groups (broad SMARTS) is 1. The van der Waals surface area contributed by atoms with Gasteiger partial charge in [0.05, 0.1) is 11.4 Å². The van der Waals surface area contributed by atoms with Crippen molar-refractivity contribution in [1.29, 1.82) is 0 Å². The van der Waals surface area contributed by atoms with Gasteiger partial charge in [-0.15, -0.1) is 0 Å². The van der Waals surface area contributed by atoms with E-state index in [2.05, 4.69) is 4.98 Å². The molecule has 2 rings (SSSR count). The van der Waals surface area contributed by atoms with Crippen LogP contribution >= 0.6 is 0 Å². The minimum absolute atomic E-state index is 0.0838. The molecule has 0 bridgehead atoms. The van der Waals surface area contributed by atoms with Crippen molar-refractivity contribution in [2.45, 2.75) is 13.3 Å². The Morgan fingerprint density at radius 3 is 2.56 bits per heavy atom. The quantitative estimate of drug-likeness (QED) is 0.867. The number of aromatic carboxylic acids is 1. The van der Waals surface area contributed by atoms with Crippen molar-refractivity contribution in [1.82, 2.24) is 4.98 Å². The van der Waals surface area contributed by atoms with Gasteiger partial charge in [-0.1, -0.05) is 37.3 Å². The lowest BCUT2D eigenvalue weighted by Crippen LogP contribution is -2.09. The number of carbonyl (C=O) groups is 1. The molecule has 4 nitrogen and oxygen atoms in total. The van der Waals surface area contributed by atoms with Gasteiger partial charge in [0.2, 0.25) is 0 Å². The van der Waals surface area contributed by atoms with Gasteiger partial charge in [-0.05, 0) is 12.0 Å². The highest BCUT2D eigenvalue weighted by atomic mass is 16.4. The van der Waals surface area contributed by atoms with E-state index in [1.54, 1.807) is 6.20 Å². The summed E-state index contributed by atoms with van der Waals surface area (Å²) in [5.74, 6) is -1.05. The average Bonchev–Trinajstić information content (AvgIpc) is 2.39. The molecule has 0 aliphatic carbocycles. The van der Waals surface area contributed by atoms with Crippen LogP contribution in [0.3, 0.4) is 0 Å². The summed E-state index contributed by atoms with van der Waals surface area (Å²) in [6, 6.07) is 9.19.